The van der Waals surface area contributed by atoms with Crippen LogP contribution >= 0.6 is 0 Å². The molecule has 0 aliphatic rings. The summed E-state index contributed by atoms with van der Waals surface area (Å²) in [6.07, 6.45) is -1.73. The van der Waals surface area contributed by atoms with Crippen LogP contribution in [-0.4, -0.2) is 58.9 Å². The van der Waals surface area contributed by atoms with E-state index in [2.05, 4.69) is 30.1 Å². The Morgan fingerprint density at radius 1 is 0.755 bits per heavy atom. The van der Waals surface area contributed by atoms with Crippen molar-refractivity contribution in [2.24, 2.45) is 10.9 Å². The summed E-state index contributed by atoms with van der Waals surface area (Å²) in [7, 11) is 3.13. The van der Waals surface area contributed by atoms with E-state index in [1.54, 1.807) is 32.2 Å². The van der Waals surface area contributed by atoms with Crippen LogP contribution in [0.25, 0.3) is 11.4 Å². The van der Waals surface area contributed by atoms with Gasteiger partial charge in [-0.05, 0) is 75.9 Å². The molecule has 0 bridgehead atoms. The first kappa shape index (κ1) is 40.4. The first-order valence-corrected chi connectivity index (χ1v) is 16.6. The van der Waals surface area contributed by atoms with Crippen molar-refractivity contribution in [2.75, 3.05) is 27.4 Å². The van der Waals surface area contributed by atoms with E-state index in [-0.39, 0.29) is 18.3 Å². The van der Waals surface area contributed by atoms with Gasteiger partial charge in [-0.1, -0.05) is 20.6 Å². The zero-order valence-corrected chi connectivity index (χ0v) is 30.4. The van der Waals surface area contributed by atoms with Gasteiger partial charge in [0.1, 0.15) is 23.0 Å². The number of halogens is 3. The van der Waals surface area contributed by atoms with Crippen molar-refractivity contribution in [1.29, 1.82) is 0 Å². The second-order valence-electron chi connectivity index (χ2n) is 12.1. The molecule has 0 amide bonds. The van der Waals surface area contributed by atoms with Gasteiger partial charge in [0.05, 0.1) is 37.8 Å². The van der Waals surface area contributed by atoms with Crippen LogP contribution in [0.5, 0.6) is 11.5 Å². The molecule has 3 heterocycles. The van der Waals surface area contributed by atoms with Crippen LogP contribution in [-0.2, 0) is 41.7 Å². The average Bonchev–Trinajstić information content (AvgIpc) is 3.88. The van der Waals surface area contributed by atoms with E-state index in [1.807, 2.05) is 39.0 Å². The Morgan fingerprint density at radius 2 is 1.28 bits per heavy atom. The zero-order chi connectivity index (χ0) is 38.5. The van der Waals surface area contributed by atoms with Crippen molar-refractivity contribution in [3.8, 4) is 22.9 Å². The molecule has 0 saturated heterocycles. The van der Waals surface area contributed by atoms with Gasteiger partial charge >= 0.3 is 12.1 Å². The molecule has 5 rings (SSSR count). The van der Waals surface area contributed by atoms with Crippen molar-refractivity contribution in [3.63, 3.8) is 0 Å². The number of methoxy groups -OCH3 is 2. The average molecular weight is 745 g/mol. The summed E-state index contributed by atoms with van der Waals surface area (Å²) in [5.74, 6) is 1.54. The van der Waals surface area contributed by atoms with E-state index in [0.29, 0.717) is 55.1 Å². The number of oxime groups is 1. The highest BCUT2D eigenvalue weighted by atomic mass is 19.4. The first-order chi connectivity index (χ1) is 25.3. The van der Waals surface area contributed by atoms with Crippen LogP contribution in [0.3, 0.4) is 0 Å². The number of ether oxygens (including phenoxy) is 4. The van der Waals surface area contributed by atoms with E-state index in [1.165, 1.54) is 7.11 Å². The maximum Gasteiger partial charge on any atom is 0.471 e. The maximum absolute atomic E-state index is 12.7. The molecule has 0 fully saturated rings. The summed E-state index contributed by atoms with van der Waals surface area (Å²) in [5, 5.41) is 23.0. The van der Waals surface area contributed by atoms with Crippen LogP contribution in [0, 0.1) is 27.7 Å². The normalized spacial score (nSPS) is 11.8. The van der Waals surface area contributed by atoms with Gasteiger partial charge in [0.2, 0.25) is 5.82 Å². The number of amidine groups is 1. The molecule has 0 unspecified atom stereocenters. The molecule has 17 heteroatoms. The van der Waals surface area contributed by atoms with Gasteiger partial charge in [0.15, 0.2) is 5.84 Å². The smallest absolute Gasteiger partial charge is 0.471 e. The fourth-order valence-corrected chi connectivity index (χ4v) is 5.33. The lowest BCUT2D eigenvalue weighted by Crippen LogP contribution is -2.14. The summed E-state index contributed by atoms with van der Waals surface area (Å²) in [4.78, 5) is 3.43. The third kappa shape index (κ3) is 11.5. The summed E-state index contributed by atoms with van der Waals surface area (Å²) in [6, 6.07) is 10.7. The van der Waals surface area contributed by atoms with E-state index in [9.17, 15) is 13.2 Å². The zero-order valence-electron chi connectivity index (χ0n) is 30.4. The minimum atomic E-state index is -4.69. The van der Waals surface area contributed by atoms with Gasteiger partial charge in [0.25, 0.3) is 0 Å². The van der Waals surface area contributed by atoms with Crippen LogP contribution in [0.15, 0.2) is 55.1 Å². The molecule has 0 spiro atoms. The number of benzene rings is 2. The number of hydrogen-bond acceptors (Lipinski definition) is 13. The lowest BCUT2D eigenvalue weighted by molar-refractivity contribution is -0.159. The fourth-order valence-electron chi connectivity index (χ4n) is 5.33. The van der Waals surface area contributed by atoms with E-state index >= 15 is 0 Å². The number of rotatable bonds is 16. The van der Waals surface area contributed by atoms with Gasteiger partial charge < -0.3 is 43.5 Å². The van der Waals surface area contributed by atoms with Gasteiger partial charge in [0, 0.05) is 61.4 Å². The molecular weight excluding hydrogens is 701 g/mol. The van der Waals surface area contributed by atoms with Crippen molar-refractivity contribution >= 4 is 5.84 Å². The Hall–Kier alpha value is -5.42. The number of hydrogen-bond donors (Lipinski definition) is 2. The van der Waals surface area contributed by atoms with Gasteiger partial charge in [-0.15, -0.1) is 0 Å². The Kier molecular flexibility index (Phi) is 14.4. The Balaban J connectivity index is 0.000000241. The number of alkyl halides is 3. The van der Waals surface area contributed by atoms with Crippen molar-refractivity contribution in [2.45, 2.75) is 72.8 Å². The summed E-state index contributed by atoms with van der Waals surface area (Å²) in [6.45, 7) is 9.03. The maximum atomic E-state index is 12.7. The first-order valence-electron chi connectivity index (χ1n) is 16.6. The molecule has 0 atom stereocenters. The quantitative estimate of drug-likeness (QED) is 0.0344. The van der Waals surface area contributed by atoms with Gasteiger partial charge in [-0.25, -0.2) is 0 Å². The predicted octanol–water partition coefficient (Wildman–Crippen LogP) is 7.06. The summed E-state index contributed by atoms with van der Waals surface area (Å²) in [5.41, 5.74) is 11.6. The van der Waals surface area contributed by atoms with Crippen LogP contribution in [0.1, 0.15) is 69.5 Å². The molecule has 53 heavy (non-hydrogen) atoms. The lowest BCUT2D eigenvalue weighted by atomic mass is 10.0. The number of aryl methyl sites for hydroxylation is 6. The highest BCUT2D eigenvalue weighted by molar-refractivity contribution is 5.97. The van der Waals surface area contributed by atoms with Gasteiger partial charge in [-0.3, -0.25) is 0 Å². The second-order valence-corrected chi connectivity index (χ2v) is 12.1. The van der Waals surface area contributed by atoms with E-state index in [0.717, 1.165) is 58.2 Å². The third-order valence-corrected chi connectivity index (χ3v) is 7.61. The third-order valence-electron chi connectivity index (χ3n) is 7.61. The Labute approximate surface area is 304 Å². The number of aromatic nitrogens is 4. The molecule has 286 valence electrons. The highest BCUT2D eigenvalue weighted by Gasteiger charge is 2.38. The minimum absolute atomic E-state index is 0.0580. The lowest BCUT2D eigenvalue weighted by Gasteiger charge is -2.15. The SMILES string of the molecule is COCc1cc(-c2noc(C(F)(F)F)n2)cc(C)c1OCCCc1cc(C)no1.COCc1cc(/C(N)=N/O)cc(C)c1OCCCc1cc(C)no1. The Morgan fingerprint density at radius 3 is 1.74 bits per heavy atom. The number of nitrogens with two attached hydrogens (primary N) is 1. The van der Waals surface area contributed by atoms with Crippen molar-refractivity contribution < 1.29 is 50.9 Å². The van der Waals surface area contributed by atoms with Crippen LogP contribution < -0.4 is 15.2 Å². The summed E-state index contributed by atoms with van der Waals surface area (Å²) >= 11 is 0. The second kappa shape index (κ2) is 18.9. The topological polar surface area (TPSA) is 187 Å². The van der Waals surface area contributed by atoms with E-state index < -0.39 is 12.1 Å². The molecule has 0 radical (unpaired) electrons. The molecule has 14 nitrogen and oxygen atoms in total. The van der Waals surface area contributed by atoms with Crippen molar-refractivity contribution in [3.05, 3.63) is 93.0 Å². The highest BCUT2D eigenvalue weighted by Crippen LogP contribution is 2.33. The van der Waals surface area contributed by atoms with Crippen LogP contribution in [0.4, 0.5) is 13.2 Å². The number of nitrogens with zero attached hydrogens (tertiary/aromatic N) is 5. The van der Waals surface area contributed by atoms with Crippen LogP contribution in [0.2, 0.25) is 0 Å². The molecule has 2 aromatic carbocycles. The monoisotopic (exact) mass is 744 g/mol. The molecule has 0 aliphatic heterocycles. The molecular formula is C36H43F3N6O8. The van der Waals surface area contributed by atoms with Crippen molar-refractivity contribution in [1.82, 2.24) is 20.5 Å². The molecule has 3 aromatic heterocycles. The minimum Gasteiger partial charge on any atom is -0.493 e. The predicted molar refractivity (Wildman–Crippen MR) is 185 cm³/mol. The molecule has 0 saturated carbocycles. The molecule has 0 aliphatic carbocycles. The molecule has 5 aromatic rings. The molecule has 3 N–H and O–H groups in total. The fraction of sp³-hybridized carbons (Fsp3) is 0.417. The largest absolute Gasteiger partial charge is 0.493 e. The standard InChI is InChI=1S/C19H20F3N3O4.C17H23N3O4/c1-11-7-13(17-23-18(29-25-17)19(20,21)22)9-14(10-26-3)16(11)27-6-4-5-15-8-12(2)24-28-15;1-11-7-13(17(18)19-21)9-14(10-22-3)16(11)23-6-4-5-15-8-12(2)20-24-15/h7-9H,4-6,10H2,1-3H3;7-9,21H,4-6,10H2,1-3H3,(H2,18,19). The van der Waals surface area contributed by atoms with Gasteiger partial charge in [-0.2, -0.15) is 18.2 Å². The summed E-state index contributed by atoms with van der Waals surface area (Å²) < 4.78 is 75.1. The Bertz CT molecular complexity index is 1950. The van der Waals surface area contributed by atoms with E-state index in [4.69, 9.17) is 38.9 Å².